The third-order valence-electron chi connectivity index (χ3n) is 2.27. The zero-order valence-corrected chi connectivity index (χ0v) is 8.14. The molecule has 0 fully saturated rings. The van der Waals surface area contributed by atoms with Gasteiger partial charge in [0.1, 0.15) is 5.75 Å². The van der Waals surface area contributed by atoms with Crippen molar-refractivity contribution in [2.24, 2.45) is 0 Å². The molecule has 3 heteroatoms. The van der Waals surface area contributed by atoms with Crippen LogP contribution in [0.4, 0.5) is 11.4 Å². The topological polar surface area (TPSA) is 72.3 Å². The number of aromatic hydroxyl groups is 1. The molecule has 0 aliphatic carbocycles. The maximum atomic E-state index is 9.73. The molecule has 0 saturated carbocycles. The molecule has 0 aliphatic rings. The number of phenolic OH excluding ortho intramolecular Hbond substituents is 1. The molecule has 2 rings (SSSR count). The van der Waals surface area contributed by atoms with E-state index in [1.165, 1.54) is 6.07 Å². The predicted octanol–water partition coefficient (Wildman–Crippen LogP) is 2.22. The predicted molar refractivity (Wildman–Crippen MR) is 62.4 cm³/mol. The summed E-state index contributed by atoms with van der Waals surface area (Å²) in [5.74, 6) is 0.146. The van der Waals surface area contributed by atoms with Gasteiger partial charge in [0.15, 0.2) is 0 Å². The van der Waals surface area contributed by atoms with E-state index in [1.807, 2.05) is 18.2 Å². The molecule has 0 bridgehead atoms. The summed E-state index contributed by atoms with van der Waals surface area (Å²) in [6.45, 7) is 0. The lowest BCUT2D eigenvalue weighted by atomic mass is 10.0. The SMILES string of the molecule is Nc1ccc(-c2ccccc2N)c(O)c1. The Morgan fingerprint density at radius 3 is 2.27 bits per heavy atom. The fourth-order valence-corrected chi connectivity index (χ4v) is 1.52. The molecule has 3 nitrogen and oxygen atoms in total. The molecule has 76 valence electrons. The van der Waals surface area contributed by atoms with Gasteiger partial charge < -0.3 is 16.6 Å². The highest BCUT2D eigenvalue weighted by Gasteiger charge is 2.06. The van der Waals surface area contributed by atoms with Crippen LogP contribution < -0.4 is 11.5 Å². The van der Waals surface area contributed by atoms with Gasteiger partial charge in [0.05, 0.1) is 0 Å². The van der Waals surface area contributed by atoms with Crippen LogP contribution in [0.15, 0.2) is 42.5 Å². The lowest BCUT2D eigenvalue weighted by Crippen LogP contribution is -1.90. The summed E-state index contributed by atoms with van der Waals surface area (Å²) >= 11 is 0. The molecule has 0 spiro atoms. The van der Waals surface area contributed by atoms with Gasteiger partial charge in [-0.2, -0.15) is 0 Å². The molecule has 15 heavy (non-hydrogen) atoms. The maximum Gasteiger partial charge on any atom is 0.125 e. The van der Waals surface area contributed by atoms with Crippen molar-refractivity contribution in [1.29, 1.82) is 0 Å². The van der Waals surface area contributed by atoms with Gasteiger partial charge >= 0.3 is 0 Å². The van der Waals surface area contributed by atoms with Gasteiger partial charge in [0, 0.05) is 28.6 Å². The summed E-state index contributed by atoms with van der Waals surface area (Å²) < 4.78 is 0. The van der Waals surface area contributed by atoms with Crippen LogP contribution in [0.5, 0.6) is 5.75 Å². The molecule has 5 N–H and O–H groups in total. The van der Waals surface area contributed by atoms with Crippen LogP contribution in [-0.2, 0) is 0 Å². The fraction of sp³-hybridized carbons (Fsp3) is 0. The van der Waals surface area contributed by atoms with Crippen LogP contribution in [0.3, 0.4) is 0 Å². The lowest BCUT2D eigenvalue weighted by Gasteiger charge is -2.08. The third-order valence-corrected chi connectivity index (χ3v) is 2.27. The van der Waals surface area contributed by atoms with Gasteiger partial charge in [-0.15, -0.1) is 0 Å². The minimum absolute atomic E-state index is 0.146. The Hall–Kier alpha value is -2.16. The summed E-state index contributed by atoms with van der Waals surface area (Å²) in [7, 11) is 0. The molecular weight excluding hydrogens is 188 g/mol. The van der Waals surface area contributed by atoms with Crippen LogP contribution >= 0.6 is 0 Å². The summed E-state index contributed by atoms with van der Waals surface area (Å²) in [5.41, 5.74) is 14.1. The Morgan fingerprint density at radius 2 is 1.60 bits per heavy atom. The van der Waals surface area contributed by atoms with Crippen LogP contribution in [0, 0.1) is 0 Å². The Balaban J connectivity index is 2.60. The number of benzene rings is 2. The fourth-order valence-electron chi connectivity index (χ4n) is 1.52. The van der Waals surface area contributed by atoms with Crippen LogP contribution in [0.25, 0.3) is 11.1 Å². The van der Waals surface area contributed by atoms with Crippen LogP contribution in [-0.4, -0.2) is 5.11 Å². The zero-order chi connectivity index (χ0) is 10.8. The quantitative estimate of drug-likeness (QED) is 0.618. The number of nitrogen functional groups attached to an aromatic ring is 2. The molecule has 0 unspecified atom stereocenters. The van der Waals surface area contributed by atoms with Gasteiger partial charge in [0.2, 0.25) is 0 Å². The Bertz CT molecular complexity index is 495. The Kier molecular flexibility index (Phi) is 2.21. The first-order chi connectivity index (χ1) is 7.18. The van der Waals surface area contributed by atoms with E-state index in [0.29, 0.717) is 16.9 Å². The first-order valence-electron chi connectivity index (χ1n) is 4.62. The van der Waals surface area contributed by atoms with E-state index >= 15 is 0 Å². The average molecular weight is 200 g/mol. The van der Waals surface area contributed by atoms with E-state index in [4.69, 9.17) is 11.5 Å². The number of hydrogen-bond acceptors (Lipinski definition) is 3. The third kappa shape index (κ3) is 1.72. The van der Waals surface area contributed by atoms with Crippen molar-refractivity contribution < 1.29 is 5.11 Å². The smallest absolute Gasteiger partial charge is 0.125 e. The van der Waals surface area contributed by atoms with Crippen molar-refractivity contribution in [3.05, 3.63) is 42.5 Å². The summed E-state index contributed by atoms with van der Waals surface area (Å²) in [4.78, 5) is 0. The van der Waals surface area contributed by atoms with E-state index in [9.17, 15) is 5.11 Å². The van der Waals surface area contributed by atoms with Crippen molar-refractivity contribution in [2.75, 3.05) is 11.5 Å². The number of hydrogen-bond donors (Lipinski definition) is 3. The van der Waals surface area contributed by atoms with Gasteiger partial charge in [0.25, 0.3) is 0 Å². The lowest BCUT2D eigenvalue weighted by molar-refractivity contribution is 0.477. The van der Waals surface area contributed by atoms with Gasteiger partial charge in [-0.05, 0) is 18.2 Å². The highest BCUT2D eigenvalue weighted by molar-refractivity contribution is 5.81. The second kappa shape index (κ2) is 3.53. The van der Waals surface area contributed by atoms with Crippen molar-refractivity contribution in [2.45, 2.75) is 0 Å². The van der Waals surface area contributed by atoms with Gasteiger partial charge in [-0.3, -0.25) is 0 Å². The highest BCUT2D eigenvalue weighted by Crippen LogP contribution is 2.33. The summed E-state index contributed by atoms with van der Waals surface area (Å²) in [6, 6.07) is 12.4. The van der Waals surface area contributed by atoms with Crippen molar-refractivity contribution in [3.63, 3.8) is 0 Å². The molecule has 0 radical (unpaired) electrons. The minimum atomic E-state index is 0.146. The van der Waals surface area contributed by atoms with E-state index in [0.717, 1.165) is 5.56 Å². The molecule has 2 aromatic rings. The summed E-state index contributed by atoms with van der Waals surface area (Å²) in [5, 5.41) is 9.73. The second-order valence-electron chi connectivity index (χ2n) is 3.36. The molecule has 2 aromatic carbocycles. The van der Waals surface area contributed by atoms with Gasteiger partial charge in [-0.25, -0.2) is 0 Å². The van der Waals surface area contributed by atoms with Crippen LogP contribution in [0.1, 0.15) is 0 Å². The molecule has 0 amide bonds. The summed E-state index contributed by atoms with van der Waals surface area (Å²) in [6.07, 6.45) is 0. The Morgan fingerprint density at radius 1 is 0.867 bits per heavy atom. The average Bonchev–Trinajstić information content (AvgIpc) is 2.20. The number of para-hydroxylation sites is 1. The maximum absolute atomic E-state index is 9.73. The largest absolute Gasteiger partial charge is 0.507 e. The van der Waals surface area contributed by atoms with Crippen LogP contribution in [0.2, 0.25) is 0 Å². The number of phenols is 1. The molecular formula is C12H12N2O. The van der Waals surface area contributed by atoms with Gasteiger partial charge in [-0.1, -0.05) is 18.2 Å². The normalized spacial score (nSPS) is 10.1. The van der Waals surface area contributed by atoms with E-state index < -0.39 is 0 Å². The zero-order valence-electron chi connectivity index (χ0n) is 8.14. The molecule has 0 aromatic heterocycles. The van der Waals surface area contributed by atoms with E-state index in [-0.39, 0.29) is 5.75 Å². The molecule has 0 aliphatic heterocycles. The molecule has 0 atom stereocenters. The number of anilines is 2. The first-order valence-corrected chi connectivity index (χ1v) is 4.62. The van der Waals surface area contributed by atoms with Crippen molar-refractivity contribution >= 4 is 11.4 Å². The second-order valence-corrected chi connectivity index (χ2v) is 3.36. The standard InChI is InChI=1S/C12H12N2O/c13-8-5-6-10(12(15)7-8)9-3-1-2-4-11(9)14/h1-7,15H,13-14H2. The molecule has 0 saturated heterocycles. The minimum Gasteiger partial charge on any atom is -0.507 e. The van der Waals surface area contributed by atoms with Crippen molar-refractivity contribution in [1.82, 2.24) is 0 Å². The first kappa shape index (κ1) is 9.40. The van der Waals surface area contributed by atoms with E-state index in [2.05, 4.69) is 0 Å². The number of nitrogens with two attached hydrogens (primary N) is 2. The highest BCUT2D eigenvalue weighted by atomic mass is 16.3. The monoisotopic (exact) mass is 200 g/mol. The Labute approximate surface area is 88.0 Å². The molecule has 0 heterocycles. The van der Waals surface area contributed by atoms with E-state index in [1.54, 1.807) is 18.2 Å². The number of rotatable bonds is 1. The van der Waals surface area contributed by atoms with Crippen molar-refractivity contribution in [3.8, 4) is 16.9 Å².